The highest BCUT2D eigenvalue weighted by molar-refractivity contribution is 5.71. The summed E-state index contributed by atoms with van der Waals surface area (Å²) in [6, 6.07) is 38.9. The molecule has 0 spiro atoms. The second-order valence-corrected chi connectivity index (χ2v) is 6.72. The Morgan fingerprint density at radius 2 is 1.17 bits per heavy atom. The first kappa shape index (κ1) is 18.6. The maximum absolute atomic E-state index is 6.23. The van der Waals surface area contributed by atoms with Crippen molar-refractivity contribution in [1.29, 1.82) is 0 Å². The van der Waals surface area contributed by atoms with Crippen LogP contribution in [0.2, 0.25) is 0 Å². The first-order valence-electron chi connectivity index (χ1n) is 9.75. The Hall–Kier alpha value is -3.78. The van der Waals surface area contributed by atoms with E-state index in [1.807, 2.05) is 59.7 Å². The number of anilines is 1. The summed E-state index contributed by atoms with van der Waals surface area (Å²) >= 11 is 0. The average molecular weight is 377 g/mol. The fraction of sp³-hybridized carbons (Fsp3) is 0.0370. The highest BCUT2D eigenvalue weighted by atomic mass is 16.7. The largest absolute Gasteiger partial charge is 0.379 e. The number of para-hydroxylation sites is 2. The van der Waals surface area contributed by atoms with Crippen LogP contribution >= 0.6 is 0 Å². The first-order chi connectivity index (χ1) is 14.4. The molecule has 2 nitrogen and oxygen atoms in total. The quantitative estimate of drug-likeness (QED) is 0.258. The van der Waals surface area contributed by atoms with E-state index < -0.39 is 0 Å². The molecule has 29 heavy (non-hydrogen) atoms. The molecule has 0 radical (unpaired) electrons. The standard InChI is InChI=1S/C27H23NO/c1-4-12-23(13-5-1)20-21-24-14-10-11-15-25(24)22-28(26-16-6-2-7-17-26)29-27-18-8-3-9-19-27/h1-21H,22H2/b21-20-. The molecule has 0 atom stereocenters. The van der Waals surface area contributed by atoms with Crippen molar-refractivity contribution in [2.75, 3.05) is 5.06 Å². The van der Waals surface area contributed by atoms with Gasteiger partial charge in [0, 0.05) is 0 Å². The van der Waals surface area contributed by atoms with E-state index in [-0.39, 0.29) is 0 Å². The summed E-state index contributed by atoms with van der Waals surface area (Å²) in [7, 11) is 0. The molecule has 0 aliphatic heterocycles. The molecule has 2 heteroatoms. The molecule has 4 aromatic rings. The fourth-order valence-electron chi connectivity index (χ4n) is 3.12. The van der Waals surface area contributed by atoms with Gasteiger partial charge in [0.1, 0.15) is 0 Å². The van der Waals surface area contributed by atoms with Gasteiger partial charge in [-0.05, 0) is 41.0 Å². The van der Waals surface area contributed by atoms with Crippen molar-refractivity contribution >= 4 is 17.8 Å². The number of hydrogen-bond donors (Lipinski definition) is 0. The van der Waals surface area contributed by atoms with E-state index in [1.165, 1.54) is 16.7 Å². The van der Waals surface area contributed by atoms with E-state index >= 15 is 0 Å². The monoisotopic (exact) mass is 377 g/mol. The minimum Gasteiger partial charge on any atom is -0.379 e. The van der Waals surface area contributed by atoms with Gasteiger partial charge in [-0.1, -0.05) is 103 Å². The minimum absolute atomic E-state index is 0.633. The first-order valence-corrected chi connectivity index (χ1v) is 9.75. The third-order valence-electron chi connectivity index (χ3n) is 4.63. The normalized spacial score (nSPS) is 10.8. The fourth-order valence-corrected chi connectivity index (χ4v) is 3.12. The number of hydroxylamine groups is 1. The number of rotatable bonds is 7. The molecule has 0 amide bonds. The van der Waals surface area contributed by atoms with E-state index in [2.05, 4.69) is 72.8 Å². The lowest BCUT2D eigenvalue weighted by molar-refractivity contribution is 0.274. The molecule has 0 aromatic heterocycles. The summed E-state index contributed by atoms with van der Waals surface area (Å²) in [5, 5.41) is 1.94. The second kappa shape index (κ2) is 9.43. The molecule has 4 aromatic carbocycles. The molecule has 0 heterocycles. The lowest BCUT2D eigenvalue weighted by atomic mass is 10.1. The number of benzene rings is 4. The van der Waals surface area contributed by atoms with Crippen LogP contribution in [-0.2, 0) is 6.54 Å². The molecule has 4 rings (SSSR count). The van der Waals surface area contributed by atoms with Crippen molar-refractivity contribution in [2.24, 2.45) is 0 Å². The van der Waals surface area contributed by atoms with Crippen LogP contribution in [0.4, 0.5) is 5.69 Å². The van der Waals surface area contributed by atoms with E-state index in [0.717, 1.165) is 11.4 Å². The highest BCUT2D eigenvalue weighted by Gasteiger charge is 2.11. The topological polar surface area (TPSA) is 12.5 Å². The molecule has 0 N–H and O–H groups in total. The van der Waals surface area contributed by atoms with Gasteiger partial charge in [0.15, 0.2) is 5.75 Å². The third-order valence-corrected chi connectivity index (χ3v) is 4.63. The maximum Gasteiger partial charge on any atom is 0.155 e. The summed E-state index contributed by atoms with van der Waals surface area (Å²) < 4.78 is 0. The molecule has 142 valence electrons. The molecular weight excluding hydrogens is 354 g/mol. The van der Waals surface area contributed by atoms with Crippen molar-refractivity contribution in [3.63, 3.8) is 0 Å². The summed E-state index contributed by atoms with van der Waals surface area (Å²) in [5.41, 5.74) is 4.56. The van der Waals surface area contributed by atoms with Crippen LogP contribution < -0.4 is 9.90 Å². The lowest BCUT2D eigenvalue weighted by Crippen LogP contribution is -2.27. The van der Waals surface area contributed by atoms with Crippen LogP contribution in [0.25, 0.3) is 12.2 Å². The van der Waals surface area contributed by atoms with E-state index in [0.29, 0.717) is 6.54 Å². The van der Waals surface area contributed by atoms with Crippen LogP contribution in [0, 0.1) is 0 Å². The van der Waals surface area contributed by atoms with Gasteiger partial charge in [0.25, 0.3) is 0 Å². The minimum atomic E-state index is 0.633. The predicted molar refractivity (Wildman–Crippen MR) is 122 cm³/mol. The van der Waals surface area contributed by atoms with Crippen molar-refractivity contribution < 1.29 is 4.84 Å². The molecule has 0 aliphatic rings. The SMILES string of the molecule is C(=C/c1ccccc1CN(Oc1ccccc1)c1ccccc1)/c1ccccc1. The van der Waals surface area contributed by atoms with Crippen molar-refractivity contribution in [3.8, 4) is 5.75 Å². The Morgan fingerprint density at radius 3 is 1.90 bits per heavy atom. The van der Waals surface area contributed by atoms with Crippen LogP contribution in [0.5, 0.6) is 5.75 Å². The van der Waals surface area contributed by atoms with Crippen LogP contribution in [0.1, 0.15) is 16.7 Å². The molecule has 0 saturated heterocycles. The van der Waals surface area contributed by atoms with E-state index in [9.17, 15) is 0 Å². The van der Waals surface area contributed by atoms with Crippen LogP contribution in [-0.4, -0.2) is 0 Å². The van der Waals surface area contributed by atoms with Crippen molar-refractivity contribution in [3.05, 3.63) is 132 Å². The van der Waals surface area contributed by atoms with Gasteiger partial charge in [0.2, 0.25) is 0 Å². The maximum atomic E-state index is 6.23. The Kier molecular flexibility index (Phi) is 6.04. The van der Waals surface area contributed by atoms with Gasteiger partial charge in [-0.3, -0.25) is 0 Å². The van der Waals surface area contributed by atoms with E-state index in [1.54, 1.807) is 0 Å². The predicted octanol–water partition coefficient (Wildman–Crippen LogP) is 6.86. The number of nitrogens with zero attached hydrogens (tertiary/aromatic N) is 1. The van der Waals surface area contributed by atoms with Gasteiger partial charge in [-0.25, -0.2) is 5.06 Å². The molecular formula is C27H23NO. The van der Waals surface area contributed by atoms with Gasteiger partial charge >= 0.3 is 0 Å². The van der Waals surface area contributed by atoms with E-state index in [4.69, 9.17) is 4.84 Å². The van der Waals surface area contributed by atoms with Gasteiger partial charge in [0.05, 0.1) is 12.2 Å². The molecule has 0 aliphatic carbocycles. The smallest absolute Gasteiger partial charge is 0.155 e. The van der Waals surface area contributed by atoms with Gasteiger partial charge in [-0.15, -0.1) is 0 Å². The highest BCUT2D eigenvalue weighted by Crippen LogP contribution is 2.23. The van der Waals surface area contributed by atoms with Crippen molar-refractivity contribution in [2.45, 2.75) is 6.54 Å². The summed E-state index contributed by atoms with van der Waals surface area (Å²) in [5.74, 6) is 0.814. The summed E-state index contributed by atoms with van der Waals surface area (Å²) in [6.45, 7) is 0.633. The third kappa shape index (κ3) is 5.14. The molecule has 0 fully saturated rings. The second-order valence-electron chi connectivity index (χ2n) is 6.72. The zero-order chi connectivity index (χ0) is 19.7. The van der Waals surface area contributed by atoms with Gasteiger partial charge in [-0.2, -0.15) is 0 Å². The lowest BCUT2D eigenvalue weighted by Gasteiger charge is -2.25. The van der Waals surface area contributed by atoms with Crippen LogP contribution in [0.15, 0.2) is 115 Å². The molecule has 0 bridgehead atoms. The summed E-state index contributed by atoms with van der Waals surface area (Å²) in [4.78, 5) is 6.23. The Labute approximate surface area is 172 Å². The Balaban J connectivity index is 1.61. The zero-order valence-electron chi connectivity index (χ0n) is 16.2. The Bertz CT molecular complexity index is 1040. The van der Waals surface area contributed by atoms with Crippen LogP contribution in [0.3, 0.4) is 0 Å². The molecule has 0 unspecified atom stereocenters. The Morgan fingerprint density at radius 1 is 0.586 bits per heavy atom. The number of hydrogen-bond acceptors (Lipinski definition) is 2. The zero-order valence-corrected chi connectivity index (χ0v) is 16.2. The van der Waals surface area contributed by atoms with Crippen molar-refractivity contribution in [1.82, 2.24) is 0 Å². The molecule has 0 saturated carbocycles. The average Bonchev–Trinajstić information content (AvgIpc) is 2.80. The van der Waals surface area contributed by atoms with Gasteiger partial charge < -0.3 is 4.84 Å². The summed E-state index contributed by atoms with van der Waals surface area (Å²) in [6.07, 6.45) is 4.31.